The van der Waals surface area contributed by atoms with Crippen molar-refractivity contribution in [3.8, 4) is 22.6 Å². The molecule has 0 atom stereocenters. The minimum absolute atomic E-state index is 0.00673. The Balaban J connectivity index is 2.22. The first kappa shape index (κ1) is 10.8. The van der Waals surface area contributed by atoms with Crippen molar-refractivity contribution in [1.29, 1.82) is 0 Å². The molecule has 0 saturated heterocycles. The average Bonchev–Trinajstić information content (AvgIpc) is 2.95. The summed E-state index contributed by atoms with van der Waals surface area (Å²) in [7, 11) is 0. The van der Waals surface area contributed by atoms with Gasteiger partial charge in [-0.1, -0.05) is 0 Å². The summed E-state index contributed by atoms with van der Waals surface area (Å²) in [4.78, 5) is 0. The topological polar surface area (TPSA) is 73.2 Å². The van der Waals surface area contributed by atoms with Crippen LogP contribution < -0.4 is 15.2 Å². The Bertz CT molecular complexity index is 598. The molecule has 0 amide bonds. The first-order valence-corrected chi connectivity index (χ1v) is 5.17. The quantitative estimate of drug-likeness (QED) is 0.861. The average molecular weight is 253 g/mol. The van der Waals surface area contributed by atoms with Gasteiger partial charge in [-0.05, 0) is 12.1 Å². The normalized spacial score (nSPS) is 13.3. The molecule has 1 aromatic carbocycles. The molecule has 3 N–H and O–H groups in total. The summed E-state index contributed by atoms with van der Waals surface area (Å²) in [5, 5.41) is 6.32. The van der Waals surface area contributed by atoms with Gasteiger partial charge in [-0.15, -0.1) is 0 Å². The van der Waals surface area contributed by atoms with Crippen LogP contribution >= 0.6 is 0 Å². The van der Waals surface area contributed by atoms with Crippen LogP contribution in [-0.2, 0) is 0 Å². The van der Waals surface area contributed by atoms with Crippen LogP contribution in [0.2, 0.25) is 0 Å². The fourth-order valence-corrected chi connectivity index (χ4v) is 1.87. The highest BCUT2D eigenvalue weighted by molar-refractivity contribution is 5.81. The summed E-state index contributed by atoms with van der Waals surface area (Å²) in [6.07, 6.45) is -1.13. The maximum absolute atomic E-state index is 12.8. The van der Waals surface area contributed by atoms with Crippen molar-refractivity contribution in [2.45, 2.75) is 6.43 Å². The van der Waals surface area contributed by atoms with Gasteiger partial charge < -0.3 is 15.2 Å². The number of hydrogen-bond acceptors (Lipinski definition) is 4. The number of nitrogens with zero attached hydrogens (tertiary/aromatic N) is 1. The Morgan fingerprint density at radius 1 is 1.28 bits per heavy atom. The van der Waals surface area contributed by atoms with E-state index in [1.807, 2.05) is 0 Å². The predicted molar refractivity (Wildman–Crippen MR) is 59.5 cm³/mol. The largest absolute Gasteiger partial charge is 0.454 e. The van der Waals surface area contributed by atoms with Crippen molar-refractivity contribution in [2.75, 3.05) is 12.5 Å². The van der Waals surface area contributed by atoms with Gasteiger partial charge in [0, 0.05) is 16.7 Å². The number of H-pyrrole nitrogens is 1. The number of nitrogen functional groups attached to an aromatic ring is 1. The van der Waals surface area contributed by atoms with Gasteiger partial charge in [-0.2, -0.15) is 5.10 Å². The molecular formula is C11H9F2N3O2. The number of anilines is 1. The molecule has 0 radical (unpaired) electrons. The van der Waals surface area contributed by atoms with E-state index in [1.54, 1.807) is 0 Å². The highest BCUT2D eigenvalue weighted by Crippen LogP contribution is 2.45. The second-order valence-corrected chi connectivity index (χ2v) is 3.80. The Labute approximate surface area is 101 Å². The van der Waals surface area contributed by atoms with E-state index < -0.39 is 6.43 Å². The molecule has 0 aliphatic carbocycles. The van der Waals surface area contributed by atoms with Crippen LogP contribution in [0.25, 0.3) is 11.1 Å². The van der Waals surface area contributed by atoms with E-state index in [2.05, 4.69) is 10.2 Å². The zero-order valence-corrected chi connectivity index (χ0v) is 9.11. The van der Waals surface area contributed by atoms with E-state index in [9.17, 15) is 8.78 Å². The maximum Gasteiger partial charge on any atom is 0.264 e. The fraction of sp³-hybridized carbons (Fsp3) is 0.182. The molecule has 5 nitrogen and oxygen atoms in total. The highest BCUT2D eigenvalue weighted by atomic mass is 19.3. The third kappa shape index (κ3) is 1.55. The fourth-order valence-electron chi connectivity index (χ4n) is 1.87. The smallest absolute Gasteiger partial charge is 0.264 e. The lowest BCUT2D eigenvalue weighted by atomic mass is 10.0. The summed E-state index contributed by atoms with van der Waals surface area (Å²) in [6, 6.07) is 2.60. The van der Waals surface area contributed by atoms with Crippen molar-refractivity contribution in [1.82, 2.24) is 10.2 Å². The van der Waals surface area contributed by atoms with Crippen molar-refractivity contribution in [3.63, 3.8) is 0 Å². The van der Waals surface area contributed by atoms with E-state index in [1.165, 1.54) is 18.3 Å². The minimum Gasteiger partial charge on any atom is -0.454 e. The van der Waals surface area contributed by atoms with Crippen LogP contribution in [0.3, 0.4) is 0 Å². The third-order valence-electron chi connectivity index (χ3n) is 2.71. The van der Waals surface area contributed by atoms with Gasteiger partial charge in [-0.3, -0.25) is 5.10 Å². The van der Waals surface area contributed by atoms with Crippen LogP contribution in [0, 0.1) is 0 Å². The van der Waals surface area contributed by atoms with Crippen LogP contribution in [0.15, 0.2) is 18.3 Å². The van der Waals surface area contributed by atoms with E-state index >= 15 is 0 Å². The van der Waals surface area contributed by atoms with Gasteiger partial charge in [-0.25, -0.2) is 8.78 Å². The summed E-state index contributed by atoms with van der Waals surface area (Å²) in [5.41, 5.74) is 6.51. The molecule has 94 valence electrons. The monoisotopic (exact) mass is 253 g/mol. The molecule has 0 spiro atoms. The van der Waals surface area contributed by atoms with E-state index in [0.29, 0.717) is 28.4 Å². The van der Waals surface area contributed by atoms with Gasteiger partial charge >= 0.3 is 0 Å². The number of benzene rings is 1. The number of alkyl halides is 2. The van der Waals surface area contributed by atoms with Crippen LogP contribution in [-0.4, -0.2) is 17.0 Å². The molecule has 0 unspecified atom stereocenters. The summed E-state index contributed by atoms with van der Waals surface area (Å²) >= 11 is 0. The molecule has 3 rings (SSSR count). The van der Waals surface area contributed by atoms with Gasteiger partial charge in [0.25, 0.3) is 6.43 Å². The lowest BCUT2D eigenvalue weighted by Crippen LogP contribution is -1.94. The SMILES string of the molecule is Nc1[nH]ncc1-c1cc(C(F)F)cc2c1OCO2. The molecular weight excluding hydrogens is 244 g/mol. The van der Waals surface area contributed by atoms with Crippen LogP contribution in [0.4, 0.5) is 14.6 Å². The molecule has 0 bridgehead atoms. The van der Waals surface area contributed by atoms with Crippen molar-refractivity contribution >= 4 is 5.82 Å². The standard InChI is InChI=1S/C11H9F2N3O2/c12-10(13)5-1-6(7-3-15-16-11(7)14)9-8(2-5)17-4-18-9/h1-3,10H,4H2,(H3,14,15,16). The number of nitrogens with two attached hydrogens (primary N) is 1. The molecule has 7 heteroatoms. The minimum atomic E-state index is -2.59. The van der Waals surface area contributed by atoms with Gasteiger partial charge in [0.15, 0.2) is 11.5 Å². The molecule has 2 aromatic rings. The number of rotatable bonds is 2. The number of aromatic amines is 1. The third-order valence-corrected chi connectivity index (χ3v) is 2.71. The number of fused-ring (bicyclic) bond motifs is 1. The summed E-state index contributed by atoms with van der Waals surface area (Å²) in [6.45, 7) is 0.00673. The van der Waals surface area contributed by atoms with Gasteiger partial charge in [0.05, 0.1) is 6.20 Å². The van der Waals surface area contributed by atoms with Crippen LogP contribution in [0.5, 0.6) is 11.5 Å². The lowest BCUT2D eigenvalue weighted by Gasteiger charge is -2.08. The van der Waals surface area contributed by atoms with E-state index in [0.717, 1.165) is 0 Å². The molecule has 1 aliphatic heterocycles. The second-order valence-electron chi connectivity index (χ2n) is 3.80. The van der Waals surface area contributed by atoms with Crippen molar-refractivity contribution in [2.24, 2.45) is 0 Å². The molecule has 1 aliphatic rings. The maximum atomic E-state index is 12.8. The van der Waals surface area contributed by atoms with Crippen molar-refractivity contribution < 1.29 is 18.3 Å². The predicted octanol–water partition coefficient (Wildman–Crippen LogP) is 2.33. The second kappa shape index (κ2) is 3.86. The Morgan fingerprint density at radius 3 is 2.78 bits per heavy atom. The molecule has 0 saturated carbocycles. The van der Waals surface area contributed by atoms with Crippen LogP contribution in [0.1, 0.15) is 12.0 Å². The molecule has 2 heterocycles. The molecule has 18 heavy (non-hydrogen) atoms. The number of nitrogens with one attached hydrogen (secondary N) is 1. The Morgan fingerprint density at radius 2 is 2.11 bits per heavy atom. The lowest BCUT2D eigenvalue weighted by molar-refractivity contribution is 0.150. The zero-order valence-electron chi connectivity index (χ0n) is 9.11. The number of aromatic nitrogens is 2. The first-order chi connectivity index (χ1) is 8.66. The first-order valence-electron chi connectivity index (χ1n) is 5.17. The molecule has 1 aromatic heterocycles. The van der Waals surface area contributed by atoms with E-state index in [-0.39, 0.29) is 12.4 Å². The zero-order chi connectivity index (χ0) is 12.7. The van der Waals surface area contributed by atoms with E-state index in [4.69, 9.17) is 15.2 Å². The highest BCUT2D eigenvalue weighted by Gasteiger charge is 2.24. The number of ether oxygens (including phenoxy) is 2. The summed E-state index contributed by atoms with van der Waals surface area (Å²) < 4.78 is 36.0. The Hall–Kier alpha value is -2.31. The van der Waals surface area contributed by atoms with Gasteiger partial charge in [0.1, 0.15) is 5.82 Å². The summed E-state index contributed by atoms with van der Waals surface area (Å²) in [5.74, 6) is 0.995. The number of hydrogen-bond donors (Lipinski definition) is 2. The molecule has 0 fully saturated rings. The Kier molecular flexibility index (Phi) is 2.32. The van der Waals surface area contributed by atoms with Gasteiger partial charge in [0.2, 0.25) is 6.79 Å². The number of halogens is 2. The van der Waals surface area contributed by atoms with Crippen molar-refractivity contribution in [3.05, 3.63) is 23.9 Å².